The third kappa shape index (κ3) is 6.09. The van der Waals surface area contributed by atoms with Gasteiger partial charge in [0.25, 0.3) is 0 Å². The molecule has 0 radical (unpaired) electrons. The summed E-state index contributed by atoms with van der Waals surface area (Å²) >= 11 is 0. The highest BCUT2D eigenvalue weighted by molar-refractivity contribution is 6.21. The van der Waals surface area contributed by atoms with Crippen LogP contribution in [0.15, 0.2) is 211 Å². The minimum absolute atomic E-state index is 0.156. The maximum absolute atomic E-state index is 9.20. The van der Waals surface area contributed by atoms with Gasteiger partial charge in [0.1, 0.15) is 0 Å². The molecule has 0 unspecified atom stereocenters. The second kappa shape index (κ2) is 15.1. The summed E-state index contributed by atoms with van der Waals surface area (Å²) in [6, 6.07) is 72.4. The zero-order chi connectivity index (χ0) is 44.7. The van der Waals surface area contributed by atoms with Gasteiger partial charge in [-0.05, 0) is 123 Å². The molecule has 0 spiro atoms. The van der Waals surface area contributed by atoms with E-state index in [0.29, 0.717) is 0 Å². The minimum Gasteiger partial charge on any atom is -0.282 e. The Morgan fingerprint density at radius 2 is 0.955 bits per heavy atom. The molecule has 0 aromatic heterocycles. The minimum atomic E-state index is -0.168. The molecule has 66 heavy (non-hydrogen) atoms. The summed E-state index contributed by atoms with van der Waals surface area (Å²) in [7, 11) is 0. The highest BCUT2D eigenvalue weighted by atomic mass is 14.8. The number of fused-ring (bicyclic) bond motifs is 9. The number of hydrogen-bond donors (Lipinski definition) is 1. The smallest absolute Gasteiger partial charge is 0.152 e. The molecular weight excluding hydrogens is 797 g/mol. The lowest BCUT2D eigenvalue weighted by Gasteiger charge is -2.25. The second-order valence-corrected chi connectivity index (χ2v) is 19.0. The van der Waals surface area contributed by atoms with Gasteiger partial charge < -0.3 is 0 Å². The van der Waals surface area contributed by atoms with E-state index in [1.54, 1.807) is 0 Å². The molecule has 0 amide bonds. The molecule has 1 N–H and O–H groups in total. The summed E-state index contributed by atoms with van der Waals surface area (Å²) in [5.74, 6) is 0.232. The SMILES string of the molecule is CC1(C)c2ccccc2-c2c(C(/C=C/c3ccc(-c4ccc(-c5cccc6c5C(C)(C)c5cc7ccccc7cc5-6)c5ccccc45)c4ccccc34)=NC(=N)c3ccccc3)cccc21. The van der Waals surface area contributed by atoms with E-state index in [1.165, 1.54) is 93.7 Å². The molecule has 10 aromatic rings. The van der Waals surface area contributed by atoms with E-state index in [-0.39, 0.29) is 16.7 Å². The first-order valence-electron chi connectivity index (χ1n) is 23.0. The Bertz CT molecular complexity index is 3710. The lowest BCUT2D eigenvalue weighted by molar-refractivity contribution is 0.660. The zero-order valence-corrected chi connectivity index (χ0v) is 37.7. The van der Waals surface area contributed by atoms with Gasteiger partial charge in [-0.3, -0.25) is 5.41 Å². The second-order valence-electron chi connectivity index (χ2n) is 19.0. The van der Waals surface area contributed by atoms with E-state index in [0.717, 1.165) is 27.8 Å². The topological polar surface area (TPSA) is 36.2 Å². The highest BCUT2D eigenvalue weighted by Gasteiger charge is 2.39. The van der Waals surface area contributed by atoms with Gasteiger partial charge in [0.2, 0.25) is 0 Å². The van der Waals surface area contributed by atoms with E-state index in [4.69, 9.17) is 4.99 Å². The molecule has 0 aliphatic heterocycles. The van der Waals surface area contributed by atoms with Gasteiger partial charge >= 0.3 is 0 Å². The molecule has 2 aliphatic carbocycles. The van der Waals surface area contributed by atoms with Gasteiger partial charge in [-0.25, -0.2) is 4.99 Å². The van der Waals surface area contributed by atoms with Crippen molar-refractivity contribution < 1.29 is 0 Å². The first kappa shape index (κ1) is 39.6. The molecule has 0 fully saturated rings. The average molecular weight is 845 g/mol. The summed E-state index contributed by atoms with van der Waals surface area (Å²) in [5, 5.41) is 16.6. The Morgan fingerprint density at radius 1 is 0.424 bits per heavy atom. The third-order valence-corrected chi connectivity index (χ3v) is 14.6. The Balaban J connectivity index is 0.977. The Morgan fingerprint density at radius 3 is 1.68 bits per heavy atom. The van der Waals surface area contributed by atoms with Crippen LogP contribution < -0.4 is 0 Å². The molecule has 2 heteroatoms. The van der Waals surface area contributed by atoms with E-state index in [9.17, 15) is 5.41 Å². The molecule has 0 saturated carbocycles. The fourth-order valence-electron chi connectivity index (χ4n) is 11.4. The van der Waals surface area contributed by atoms with Crippen LogP contribution in [-0.4, -0.2) is 11.5 Å². The number of rotatable bonds is 6. The van der Waals surface area contributed by atoms with Crippen molar-refractivity contribution in [1.82, 2.24) is 0 Å². The first-order valence-corrected chi connectivity index (χ1v) is 23.0. The summed E-state index contributed by atoms with van der Waals surface area (Å²) in [4.78, 5) is 5.11. The van der Waals surface area contributed by atoms with Crippen LogP contribution in [0.2, 0.25) is 0 Å². The van der Waals surface area contributed by atoms with Crippen LogP contribution in [0.3, 0.4) is 0 Å². The number of hydrogen-bond acceptors (Lipinski definition) is 1. The van der Waals surface area contributed by atoms with Crippen molar-refractivity contribution in [1.29, 1.82) is 5.41 Å². The molecular formula is C64H48N2. The predicted molar refractivity (Wildman–Crippen MR) is 280 cm³/mol. The number of aliphatic imine (C=N–C) groups is 1. The van der Waals surface area contributed by atoms with Crippen molar-refractivity contribution in [2.75, 3.05) is 0 Å². The lowest BCUT2D eigenvalue weighted by Crippen LogP contribution is -2.16. The Hall–Kier alpha value is -7.94. The molecule has 2 nitrogen and oxygen atoms in total. The van der Waals surface area contributed by atoms with E-state index in [1.807, 2.05) is 30.3 Å². The summed E-state index contributed by atoms with van der Waals surface area (Å²) < 4.78 is 0. The molecule has 2 aliphatic rings. The first-order chi connectivity index (χ1) is 32.2. The molecule has 10 aromatic carbocycles. The van der Waals surface area contributed by atoms with Crippen LogP contribution in [-0.2, 0) is 10.8 Å². The van der Waals surface area contributed by atoms with Gasteiger partial charge in [0.15, 0.2) is 5.84 Å². The van der Waals surface area contributed by atoms with E-state index in [2.05, 4.69) is 210 Å². The third-order valence-electron chi connectivity index (χ3n) is 14.6. The Kier molecular flexibility index (Phi) is 9.05. The van der Waals surface area contributed by atoms with Crippen LogP contribution in [0.4, 0.5) is 0 Å². The van der Waals surface area contributed by atoms with Crippen molar-refractivity contribution in [3.8, 4) is 44.5 Å². The van der Waals surface area contributed by atoms with Crippen LogP contribution in [0, 0.1) is 5.41 Å². The van der Waals surface area contributed by atoms with Crippen molar-refractivity contribution >= 4 is 49.9 Å². The van der Waals surface area contributed by atoms with Crippen molar-refractivity contribution in [2.24, 2.45) is 4.99 Å². The van der Waals surface area contributed by atoms with Gasteiger partial charge in [0, 0.05) is 22.0 Å². The van der Waals surface area contributed by atoms with Crippen LogP contribution in [0.5, 0.6) is 0 Å². The molecule has 0 atom stereocenters. The number of benzene rings is 10. The normalized spacial score (nSPS) is 14.4. The number of amidine groups is 1. The van der Waals surface area contributed by atoms with Crippen LogP contribution in [0.25, 0.3) is 82.9 Å². The zero-order valence-electron chi connectivity index (χ0n) is 37.7. The fourth-order valence-corrected chi connectivity index (χ4v) is 11.4. The van der Waals surface area contributed by atoms with E-state index >= 15 is 0 Å². The van der Waals surface area contributed by atoms with Gasteiger partial charge in [-0.15, -0.1) is 0 Å². The fraction of sp³-hybridized carbons (Fsp3) is 0.0938. The molecule has 0 heterocycles. The summed E-state index contributed by atoms with van der Waals surface area (Å²) in [5.41, 5.74) is 18.8. The Labute approximate surface area is 386 Å². The number of allylic oxidation sites excluding steroid dienone is 1. The molecule has 0 bridgehead atoms. The average Bonchev–Trinajstić information content (AvgIpc) is 3.73. The van der Waals surface area contributed by atoms with Crippen molar-refractivity contribution in [3.05, 3.63) is 245 Å². The van der Waals surface area contributed by atoms with Crippen LogP contribution in [0.1, 0.15) is 66.6 Å². The van der Waals surface area contributed by atoms with Crippen molar-refractivity contribution in [3.63, 3.8) is 0 Å². The molecule has 314 valence electrons. The van der Waals surface area contributed by atoms with Crippen molar-refractivity contribution in [2.45, 2.75) is 38.5 Å². The molecule has 0 saturated heterocycles. The highest BCUT2D eigenvalue weighted by Crippen LogP contribution is 2.54. The predicted octanol–water partition coefficient (Wildman–Crippen LogP) is 16.6. The summed E-state index contributed by atoms with van der Waals surface area (Å²) in [6.07, 6.45) is 4.31. The number of nitrogens with one attached hydrogen (secondary N) is 1. The van der Waals surface area contributed by atoms with Gasteiger partial charge in [-0.1, -0.05) is 222 Å². The maximum atomic E-state index is 9.20. The van der Waals surface area contributed by atoms with Gasteiger partial charge in [0.05, 0.1) is 5.71 Å². The monoisotopic (exact) mass is 844 g/mol. The van der Waals surface area contributed by atoms with Crippen LogP contribution >= 0.6 is 0 Å². The standard InChI is InChI=1S/C64H48N2/c1-63(2)56-30-15-14-26-53(56)60-54(29-17-31-57(60)63)59(66-62(65)41-18-6-5-7-19-41)37-33-40-32-34-48(45-23-11-10-22-44(40)45)49-35-36-50(47-25-13-12-24-46(47)49)51-27-16-28-52-55-38-42-20-8-9-21-43(42)39-58(55)64(3,4)61(51)52/h5-39,65H,1-4H3/b37-33+,65-62?,66-59?. The largest absolute Gasteiger partial charge is 0.282 e. The number of nitrogens with zero attached hydrogens (tertiary/aromatic N) is 1. The molecule has 12 rings (SSSR count). The summed E-state index contributed by atoms with van der Waals surface area (Å²) in [6.45, 7) is 9.39. The quantitative estimate of drug-likeness (QED) is 0.128. The van der Waals surface area contributed by atoms with E-state index < -0.39 is 0 Å². The lowest BCUT2D eigenvalue weighted by atomic mass is 9.77. The maximum Gasteiger partial charge on any atom is 0.152 e. The van der Waals surface area contributed by atoms with Gasteiger partial charge in [-0.2, -0.15) is 0 Å².